The van der Waals surface area contributed by atoms with Crippen molar-refractivity contribution in [1.29, 1.82) is 0 Å². The molecule has 1 aliphatic heterocycles. The van der Waals surface area contributed by atoms with Crippen LogP contribution in [0.2, 0.25) is 0 Å². The summed E-state index contributed by atoms with van der Waals surface area (Å²) in [6.07, 6.45) is 1.80. The van der Waals surface area contributed by atoms with Crippen molar-refractivity contribution < 1.29 is 9.90 Å². The Kier molecular flexibility index (Phi) is 5.86. The minimum Gasteiger partial charge on any atom is -0.478 e. The molecule has 0 unspecified atom stereocenters. The van der Waals surface area contributed by atoms with Crippen molar-refractivity contribution in [3.05, 3.63) is 113 Å². The summed E-state index contributed by atoms with van der Waals surface area (Å²) in [4.78, 5) is 18.5. The van der Waals surface area contributed by atoms with Crippen LogP contribution in [0.25, 0.3) is 5.69 Å². The third kappa shape index (κ3) is 3.98. The van der Waals surface area contributed by atoms with E-state index in [4.69, 9.17) is 12.2 Å². The number of para-hydroxylation sites is 1. The minimum absolute atomic E-state index is 0.136. The van der Waals surface area contributed by atoms with E-state index in [-0.39, 0.29) is 17.6 Å². The van der Waals surface area contributed by atoms with Gasteiger partial charge in [0.05, 0.1) is 23.3 Å². The SMILES string of the molecule is Cc1ccc(C(=O)O)cc1-n1c(C)cc([C@H]2[C@H](c3ccccn3)NC(=S)N2c2ccccc2)c1C. The van der Waals surface area contributed by atoms with Gasteiger partial charge in [-0.25, -0.2) is 4.79 Å². The fourth-order valence-electron chi connectivity index (χ4n) is 4.98. The molecule has 0 bridgehead atoms. The number of aryl methyl sites for hydroxylation is 2. The first-order valence-corrected chi connectivity index (χ1v) is 11.9. The standard InChI is InChI=1S/C28H26N4O2S/c1-17-12-13-20(27(33)34)16-24(17)31-18(2)15-22(19(31)3)26-25(23-11-7-8-14-29-23)30-28(35)32(26)21-9-5-4-6-10-21/h4-16,25-26H,1-3H3,(H,30,35)(H,33,34)/t25-,26-/m0/s1. The van der Waals surface area contributed by atoms with Crippen LogP contribution in [0.5, 0.6) is 0 Å². The molecule has 35 heavy (non-hydrogen) atoms. The lowest BCUT2D eigenvalue weighted by Crippen LogP contribution is -2.29. The van der Waals surface area contributed by atoms with E-state index in [0.717, 1.165) is 39.6 Å². The highest BCUT2D eigenvalue weighted by Crippen LogP contribution is 2.43. The fourth-order valence-corrected chi connectivity index (χ4v) is 5.32. The second-order valence-corrected chi connectivity index (χ2v) is 9.19. The van der Waals surface area contributed by atoms with Crippen molar-refractivity contribution in [3.8, 4) is 5.69 Å². The minimum atomic E-state index is -0.940. The normalized spacial score (nSPS) is 17.5. The molecule has 0 radical (unpaired) electrons. The molecule has 176 valence electrons. The molecule has 2 aromatic carbocycles. The lowest BCUT2D eigenvalue weighted by Gasteiger charge is -2.28. The average Bonchev–Trinajstić information content (AvgIpc) is 3.35. The molecule has 0 aliphatic carbocycles. The molecule has 1 aliphatic rings. The van der Waals surface area contributed by atoms with Crippen molar-refractivity contribution in [3.63, 3.8) is 0 Å². The number of hydrogen-bond donors (Lipinski definition) is 2. The Morgan fingerprint density at radius 2 is 1.74 bits per heavy atom. The summed E-state index contributed by atoms with van der Waals surface area (Å²) in [5.41, 5.74) is 7.20. The van der Waals surface area contributed by atoms with Crippen LogP contribution in [0.1, 0.15) is 50.7 Å². The molecule has 2 atom stereocenters. The number of carboxylic acids is 1. The molecule has 1 fully saturated rings. The van der Waals surface area contributed by atoms with Gasteiger partial charge in [0, 0.05) is 29.0 Å². The zero-order valence-electron chi connectivity index (χ0n) is 19.8. The lowest BCUT2D eigenvalue weighted by molar-refractivity contribution is 0.0697. The van der Waals surface area contributed by atoms with Gasteiger partial charge in [0.15, 0.2) is 5.11 Å². The Morgan fingerprint density at radius 3 is 2.43 bits per heavy atom. The number of aromatic carboxylic acids is 1. The van der Waals surface area contributed by atoms with E-state index in [1.807, 2.05) is 56.3 Å². The maximum Gasteiger partial charge on any atom is 0.335 e. The summed E-state index contributed by atoms with van der Waals surface area (Å²) in [7, 11) is 0. The summed E-state index contributed by atoms with van der Waals surface area (Å²) in [6, 6.07) is 23.2. The molecule has 2 N–H and O–H groups in total. The topological polar surface area (TPSA) is 70.4 Å². The largest absolute Gasteiger partial charge is 0.478 e. The van der Waals surface area contributed by atoms with Crippen molar-refractivity contribution >= 4 is 29.0 Å². The second kappa shape index (κ2) is 9.00. The summed E-state index contributed by atoms with van der Waals surface area (Å²) >= 11 is 5.83. The van der Waals surface area contributed by atoms with Crippen molar-refractivity contribution in [2.75, 3.05) is 4.90 Å². The van der Waals surface area contributed by atoms with Gasteiger partial charge in [-0.05, 0) is 86.6 Å². The summed E-state index contributed by atoms with van der Waals surface area (Å²) in [5, 5.41) is 13.7. The number of anilines is 1. The average molecular weight is 483 g/mol. The number of carboxylic acid groups (broad SMARTS) is 1. The number of rotatable bonds is 5. The van der Waals surface area contributed by atoms with Crippen LogP contribution in [0.15, 0.2) is 79.0 Å². The molecule has 0 saturated carbocycles. The van der Waals surface area contributed by atoms with Crippen molar-refractivity contribution in [2.24, 2.45) is 0 Å². The highest BCUT2D eigenvalue weighted by Gasteiger charge is 2.42. The van der Waals surface area contributed by atoms with Gasteiger partial charge in [-0.1, -0.05) is 30.3 Å². The molecule has 3 heterocycles. The Bertz CT molecular complexity index is 1420. The summed E-state index contributed by atoms with van der Waals surface area (Å²) in [6.45, 7) is 6.13. The van der Waals surface area contributed by atoms with E-state index < -0.39 is 5.97 Å². The Labute approximate surface area is 209 Å². The predicted molar refractivity (Wildman–Crippen MR) is 141 cm³/mol. The fraction of sp³-hybridized carbons (Fsp3) is 0.179. The van der Waals surface area contributed by atoms with Crippen LogP contribution >= 0.6 is 12.2 Å². The zero-order valence-corrected chi connectivity index (χ0v) is 20.6. The van der Waals surface area contributed by atoms with Crippen LogP contribution in [0.4, 0.5) is 5.69 Å². The maximum absolute atomic E-state index is 11.7. The number of nitrogens with zero attached hydrogens (tertiary/aromatic N) is 3. The number of hydrogen-bond acceptors (Lipinski definition) is 3. The molecule has 1 saturated heterocycles. The van der Waals surface area contributed by atoms with E-state index in [0.29, 0.717) is 5.11 Å². The van der Waals surface area contributed by atoms with Crippen LogP contribution in [0.3, 0.4) is 0 Å². The number of carbonyl (C=O) groups is 1. The van der Waals surface area contributed by atoms with Crippen molar-refractivity contribution in [2.45, 2.75) is 32.9 Å². The smallest absolute Gasteiger partial charge is 0.335 e. The van der Waals surface area contributed by atoms with Gasteiger partial charge in [-0.3, -0.25) is 4.98 Å². The van der Waals surface area contributed by atoms with E-state index >= 15 is 0 Å². The Morgan fingerprint density at radius 1 is 1.00 bits per heavy atom. The predicted octanol–water partition coefficient (Wildman–Crippen LogP) is 5.67. The summed E-state index contributed by atoms with van der Waals surface area (Å²) in [5.74, 6) is -0.940. The zero-order chi connectivity index (χ0) is 24.7. The third-order valence-electron chi connectivity index (χ3n) is 6.62. The summed E-state index contributed by atoms with van der Waals surface area (Å²) < 4.78 is 2.14. The van der Waals surface area contributed by atoms with Gasteiger partial charge in [-0.15, -0.1) is 0 Å². The third-order valence-corrected chi connectivity index (χ3v) is 6.93. The van der Waals surface area contributed by atoms with E-state index in [9.17, 15) is 9.90 Å². The first-order chi connectivity index (χ1) is 16.9. The number of aromatic nitrogens is 2. The molecular formula is C28H26N4O2S. The van der Waals surface area contributed by atoms with Gasteiger partial charge in [0.25, 0.3) is 0 Å². The number of nitrogens with one attached hydrogen (secondary N) is 1. The van der Waals surface area contributed by atoms with Crippen LogP contribution in [-0.2, 0) is 0 Å². The first kappa shape index (κ1) is 22.8. The highest BCUT2D eigenvalue weighted by atomic mass is 32.1. The molecule has 0 amide bonds. The second-order valence-electron chi connectivity index (χ2n) is 8.80. The Balaban J connectivity index is 1.70. The van der Waals surface area contributed by atoms with E-state index in [1.165, 1.54) is 0 Å². The van der Waals surface area contributed by atoms with Crippen molar-refractivity contribution in [1.82, 2.24) is 14.9 Å². The van der Waals surface area contributed by atoms with Crippen LogP contribution in [-0.4, -0.2) is 25.7 Å². The number of thiocarbonyl (C=S) groups is 1. The van der Waals surface area contributed by atoms with Gasteiger partial charge in [0.1, 0.15) is 0 Å². The van der Waals surface area contributed by atoms with Crippen LogP contribution in [0, 0.1) is 20.8 Å². The molecule has 4 aromatic rings. The molecule has 6 nitrogen and oxygen atoms in total. The van der Waals surface area contributed by atoms with E-state index in [1.54, 1.807) is 18.3 Å². The molecule has 0 spiro atoms. The lowest BCUT2D eigenvalue weighted by atomic mass is 9.96. The Hall–Kier alpha value is -3.97. The monoisotopic (exact) mass is 482 g/mol. The first-order valence-electron chi connectivity index (χ1n) is 11.5. The molecule has 7 heteroatoms. The number of benzene rings is 2. The van der Waals surface area contributed by atoms with Gasteiger partial charge < -0.3 is 19.9 Å². The highest BCUT2D eigenvalue weighted by molar-refractivity contribution is 7.80. The maximum atomic E-state index is 11.7. The number of pyridine rings is 1. The van der Waals surface area contributed by atoms with Crippen LogP contribution < -0.4 is 10.2 Å². The molecule has 5 rings (SSSR count). The molecule has 2 aromatic heterocycles. The van der Waals surface area contributed by atoms with Gasteiger partial charge in [0.2, 0.25) is 0 Å². The molecular weight excluding hydrogens is 456 g/mol. The van der Waals surface area contributed by atoms with Gasteiger partial charge >= 0.3 is 5.97 Å². The van der Waals surface area contributed by atoms with Gasteiger partial charge in [-0.2, -0.15) is 0 Å². The van der Waals surface area contributed by atoms with E-state index in [2.05, 4.69) is 44.9 Å². The quantitative estimate of drug-likeness (QED) is 0.357.